The molecule has 0 saturated carbocycles. The molecule has 0 aliphatic rings. The van der Waals surface area contributed by atoms with Crippen molar-refractivity contribution < 1.29 is 14.6 Å². The highest BCUT2D eigenvalue weighted by molar-refractivity contribution is 5.89. The molecule has 5 heteroatoms. The highest BCUT2D eigenvalue weighted by Crippen LogP contribution is 2.05. The van der Waals surface area contributed by atoms with Crippen LogP contribution in [0.25, 0.3) is 0 Å². The highest BCUT2D eigenvalue weighted by Gasteiger charge is 2.20. The van der Waals surface area contributed by atoms with Crippen LogP contribution in [-0.2, 0) is 4.74 Å². The summed E-state index contributed by atoms with van der Waals surface area (Å²) in [5, 5.41) is 15.0. The van der Waals surface area contributed by atoms with Gasteiger partial charge in [0.15, 0.2) is 0 Å². The summed E-state index contributed by atoms with van der Waals surface area (Å²) in [6.45, 7) is 1.89. The Morgan fingerprint density at radius 1 is 1.41 bits per heavy atom. The minimum absolute atomic E-state index is 0.125. The molecule has 17 heavy (non-hydrogen) atoms. The lowest BCUT2D eigenvalue weighted by Gasteiger charge is -2.22. The second-order valence-corrected chi connectivity index (χ2v) is 4.10. The van der Waals surface area contributed by atoms with Crippen LogP contribution >= 0.6 is 0 Å². The Hall–Kier alpha value is -1.59. The molecule has 0 aromatic heterocycles. The zero-order valence-corrected chi connectivity index (χ0v) is 10.1. The number of carbonyl (C=O) groups excluding carboxylic acids is 1. The molecule has 1 aromatic rings. The van der Waals surface area contributed by atoms with Crippen LogP contribution in [0.3, 0.4) is 0 Å². The van der Waals surface area contributed by atoms with Gasteiger partial charge in [-0.05, 0) is 19.1 Å². The number of rotatable bonds is 5. The Morgan fingerprint density at radius 3 is 2.65 bits per heavy atom. The number of hydrogen-bond acceptors (Lipinski definition) is 3. The van der Waals surface area contributed by atoms with E-state index in [0.717, 1.165) is 0 Å². The Kier molecular flexibility index (Phi) is 4.93. The number of urea groups is 1. The molecule has 0 radical (unpaired) electrons. The number of nitrogens with one attached hydrogen (secondary N) is 2. The molecule has 3 N–H and O–H groups in total. The predicted molar refractivity (Wildman–Crippen MR) is 66.0 cm³/mol. The van der Waals surface area contributed by atoms with Gasteiger partial charge in [0.1, 0.15) is 5.60 Å². The monoisotopic (exact) mass is 238 g/mol. The average Bonchev–Trinajstić information content (AvgIpc) is 2.28. The maximum atomic E-state index is 11.5. The smallest absolute Gasteiger partial charge is 0.319 e. The molecular formula is C12H18N2O3. The van der Waals surface area contributed by atoms with Crippen LogP contribution in [0, 0.1) is 0 Å². The van der Waals surface area contributed by atoms with Gasteiger partial charge in [0, 0.05) is 12.8 Å². The number of aliphatic hydroxyl groups is 1. The summed E-state index contributed by atoms with van der Waals surface area (Å²) in [6.07, 6.45) is 0. The normalized spacial score (nSPS) is 13.8. The second kappa shape index (κ2) is 6.22. The fourth-order valence-corrected chi connectivity index (χ4v) is 1.33. The first-order valence-corrected chi connectivity index (χ1v) is 5.35. The van der Waals surface area contributed by atoms with Crippen LogP contribution in [0.15, 0.2) is 30.3 Å². The molecule has 0 heterocycles. The van der Waals surface area contributed by atoms with Gasteiger partial charge in [0.25, 0.3) is 0 Å². The maximum Gasteiger partial charge on any atom is 0.319 e. The summed E-state index contributed by atoms with van der Waals surface area (Å²) in [7, 11) is 1.50. The first kappa shape index (κ1) is 13.5. The number of ether oxygens (including phenoxy) is 1. The molecular weight excluding hydrogens is 220 g/mol. The van der Waals surface area contributed by atoms with E-state index in [0.29, 0.717) is 5.69 Å². The Morgan fingerprint density at radius 2 is 2.06 bits per heavy atom. The molecule has 0 aliphatic carbocycles. The van der Waals surface area contributed by atoms with Crippen molar-refractivity contribution in [3.05, 3.63) is 30.3 Å². The van der Waals surface area contributed by atoms with Gasteiger partial charge in [-0.15, -0.1) is 0 Å². The maximum absolute atomic E-state index is 11.5. The molecule has 0 saturated heterocycles. The zero-order chi connectivity index (χ0) is 12.7. The first-order chi connectivity index (χ1) is 8.03. The lowest BCUT2D eigenvalue weighted by atomic mass is 10.1. The average molecular weight is 238 g/mol. The largest absolute Gasteiger partial charge is 0.386 e. The van der Waals surface area contributed by atoms with Crippen molar-refractivity contribution in [3.8, 4) is 0 Å². The van der Waals surface area contributed by atoms with E-state index in [2.05, 4.69) is 10.6 Å². The van der Waals surface area contributed by atoms with Gasteiger partial charge in [-0.25, -0.2) is 4.79 Å². The van der Waals surface area contributed by atoms with Crippen molar-refractivity contribution in [1.82, 2.24) is 5.32 Å². The van der Waals surface area contributed by atoms with Crippen LogP contribution in [0.4, 0.5) is 10.5 Å². The molecule has 2 amide bonds. The van der Waals surface area contributed by atoms with Crippen LogP contribution < -0.4 is 10.6 Å². The third-order valence-electron chi connectivity index (χ3n) is 2.12. The van der Waals surface area contributed by atoms with E-state index in [1.54, 1.807) is 19.1 Å². The number of anilines is 1. The Balaban J connectivity index is 2.36. The van der Waals surface area contributed by atoms with Gasteiger partial charge in [-0.1, -0.05) is 18.2 Å². The van der Waals surface area contributed by atoms with E-state index in [1.165, 1.54) is 7.11 Å². The van der Waals surface area contributed by atoms with E-state index in [9.17, 15) is 9.90 Å². The first-order valence-electron chi connectivity index (χ1n) is 5.35. The Labute approximate surface area is 101 Å². The number of para-hydroxylation sites is 1. The van der Waals surface area contributed by atoms with Crippen molar-refractivity contribution in [2.24, 2.45) is 0 Å². The molecule has 1 aromatic carbocycles. The van der Waals surface area contributed by atoms with Crippen molar-refractivity contribution >= 4 is 11.7 Å². The summed E-state index contributed by atoms with van der Waals surface area (Å²) < 4.78 is 4.84. The number of amides is 2. The van der Waals surface area contributed by atoms with Gasteiger partial charge >= 0.3 is 6.03 Å². The topological polar surface area (TPSA) is 70.6 Å². The quantitative estimate of drug-likeness (QED) is 0.722. The van der Waals surface area contributed by atoms with Crippen molar-refractivity contribution in [2.75, 3.05) is 25.6 Å². The molecule has 5 nitrogen and oxygen atoms in total. The van der Waals surface area contributed by atoms with Crippen LogP contribution in [0.5, 0.6) is 0 Å². The van der Waals surface area contributed by atoms with Crippen molar-refractivity contribution in [1.29, 1.82) is 0 Å². The zero-order valence-electron chi connectivity index (χ0n) is 10.1. The number of benzene rings is 1. The lowest BCUT2D eigenvalue weighted by Crippen LogP contribution is -2.45. The highest BCUT2D eigenvalue weighted by atomic mass is 16.5. The van der Waals surface area contributed by atoms with Gasteiger partial charge in [-0.3, -0.25) is 0 Å². The number of methoxy groups -OCH3 is 1. The van der Waals surface area contributed by atoms with Crippen molar-refractivity contribution in [2.45, 2.75) is 12.5 Å². The van der Waals surface area contributed by atoms with Crippen molar-refractivity contribution in [3.63, 3.8) is 0 Å². The minimum Gasteiger partial charge on any atom is -0.386 e. The SMILES string of the molecule is COC[C@@](C)(O)CNC(=O)Nc1ccccc1. The van der Waals surface area contributed by atoms with Gasteiger partial charge in [0.2, 0.25) is 0 Å². The summed E-state index contributed by atoms with van der Waals surface area (Å²) in [4.78, 5) is 11.5. The van der Waals surface area contributed by atoms with E-state index in [4.69, 9.17) is 4.74 Å². The van der Waals surface area contributed by atoms with Crippen LogP contribution in [0.2, 0.25) is 0 Å². The summed E-state index contributed by atoms with van der Waals surface area (Å²) in [5.41, 5.74) is -0.362. The molecule has 94 valence electrons. The molecule has 0 spiro atoms. The fraction of sp³-hybridized carbons (Fsp3) is 0.417. The summed E-state index contributed by atoms with van der Waals surface area (Å²) in [5.74, 6) is 0. The Bertz CT molecular complexity index is 352. The van der Waals surface area contributed by atoms with E-state index < -0.39 is 5.60 Å². The standard InChI is InChI=1S/C12H18N2O3/c1-12(16,9-17-2)8-13-11(15)14-10-6-4-3-5-7-10/h3-7,16H,8-9H2,1-2H3,(H2,13,14,15)/t12-/m0/s1. The fourth-order valence-electron chi connectivity index (χ4n) is 1.33. The number of carbonyl (C=O) groups is 1. The third kappa shape index (κ3) is 5.33. The molecule has 0 aliphatic heterocycles. The number of hydrogen-bond donors (Lipinski definition) is 3. The van der Waals surface area contributed by atoms with Gasteiger partial charge in [0.05, 0.1) is 13.2 Å². The predicted octanol–water partition coefficient (Wildman–Crippen LogP) is 1.21. The molecule has 0 unspecified atom stereocenters. The summed E-state index contributed by atoms with van der Waals surface area (Å²) >= 11 is 0. The minimum atomic E-state index is -1.07. The molecule has 0 fully saturated rings. The lowest BCUT2D eigenvalue weighted by molar-refractivity contribution is -0.0133. The van der Waals surface area contributed by atoms with Crippen LogP contribution in [0.1, 0.15) is 6.92 Å². The molecule has 1 rings (SSSR count). The van der Waals surface area contributed by atoms with E-state index >= 15 is 0 Å². The third-order valence-corrected chi connectivity index (χ3v) is 2.12. The van der Waals surface area contributed by atoms with E-state index in [1.807, 2.05) is 18.2 Å². The van der Waals surface area contributed by atoms with Gasteiger partial charge < -0.3 is 20.5 Å². The molecule has 1 atom stereocenters. The van der Waals surface area contributed by atoms with Crippen LogP contribution in [-0.4, -0.2) is 37.0 Å². The van der Waals surface area contributed by atoms with E-state index in [-0.39, 0.29) is 19.2 Å². The molecule has 0 bridgehead atoms. The second-order valence-electron chi connectivity index (χ2n) is 4.10. The summed E-state index contributed by atoms with van der Waals surface area (Å²) in [6, 6.07) is 8.74. The van der Waals surface area contributed by atoms with Gasteiger partial charge in [-0.2, -0.15) is 0 Å².